The number of rotatable bonds is 2. The van der Waals surface area contributed by atoms with Crippen LogP contribution in [0.5, 0.6) is 0 Å². The Bertz CT molecular complexity index is 251. The molecule has 0 unspecified atom stereocenters. The van der Waals surface area contributed by atoms with Gasteiger partial charge in [-0.15, -0.1) is 0 Å². The maximum atomic E-state index is 11.5. The normalized spacial score (nSPS) is 15.5. The van der Waals surface area contributed by atoms with Crippen LogP contribution in [0.15, 0.2) is 0 Å². The lowest BCUT2D eigenvalue weighted by atomic mass is 10.0. The SMILES string of the molecule is C[C@@H](C#CC(F)(F)F)[C@H](N)C(=O)O. The lowest BCUT2D eigenvalue weighted by molar-refractivity contribution is -0.139. The number of halogens is 3. The van der Waals surface area contributed by atoms with Crippen LogP contribution in [0.25, 0.3) is 0 Å². The number of hydrogen-bond donors (Lipinski definition) is 2. The number of carbonyl (C=O) groups is 1. The van der Waals surface area contributed by atoms with E-state index in [1.165, 1.54) is 6.92 Å². The average molecular weight is 195 g/mol. The lowest BCUT2D eigenvalue weighted by Crippen LogP contribution is -2.36. The molecule has 0 aromatic carbocycles. The molecule has 0 rings (SSSR count). The van der Waals surface area contributed by atoms with Crippen molar-refractivity contribution in [3.8, 4) is 11.8 Å². The Morgan fingerprint density at radius 3 is 2.31 bits per heavy atom. The highest BCUT2D eigenvalue weighted by atomic mass is 19.4. The summed E-state index contributed by atoms with van der Waals surface area (Å²) in [4.78, 5) is 10.2. The molecule has 0 heterocycles. The van der Waals surface area contributed by atoms with Crippen LogP contribution in [-0.4, -0.2) is 23.3 Å². The first-order valence-electron chi connectivity index (χ1n) is 3.32. The second-order valence-electron chi connectivity index (χ2n) is 2.42. The number of aliphatic carboxylic acids is 1. The van der Waals surface area contributed by atoms with Crippen LogP contribution >= 0.6 is 0 Å². The molecule has 0 aliphatic rings. The standard InChI is InChI=1S/C7H8F3NO2/c1-4(5(11)6(12)13)2-3-7(8,9)10/h4-5H,11H2,1H3,(H,12,13)/t4-,5-/m0/s1. The summed E-state index contributed by atoms with van der Waals surface area (Å²) in [6.45, 7) is 1.22. The van der Waals surface area contributed by atoms with Gasteiger partial charge >= 0.3 is 12.1 Å². The molecule has 0 aromatic rings. The van der Waals surface area contributed by atoms with Gasteiger partial charge in [-0.05, 0) is 6.92 Å². The molecule has 0 saturated carbocycles. The number of carboxylic acid groups (broad SMARTS) is 1. The third-order valence-corrected chi connectivity index (χ3v) is 1.27. The van der Waals surface area contributed by atoms with Crippen molar-refractivity contribution in [1.82, 2.24) is 0 Å². The van der Waals surface area contributed by atoms with E-state index in [-0.39, 0.29) is 0 Å². The van der Waals surface area contributed by atoms with Gasteiger partial charge in [0.2, 0.25) is 0 Å². The van der Waals surface area contributed by atoms with Gasteiger partial charge in [0.15, 0.2) is 0 Å². The van der Waals surface area contributed by atoms with Crippen LogP contribution < -0.4 is 5.73 Å². The minimum absolute atomic E-state index is 0.964. The number of carboxylic acids is 1. The molecule has 0 aliphatic heterocycles. The van der Waals surface area contributed by atoms with Crippen molar-refractivity contribution in [3.05, 3.63) is 0 Å². The van der Waals surface area contributed by atoms with Crippen molar-refractivity contribution in [2.75, 3.05) is 0 Å². The Labute approximate surface area is 72.7 Å². The van der Waals surface area contributed by atoms with Gasteiger partial charge in [0.25, 0.3) is 0 Å². The summed E-state index contributed by atoms with van der Waals surface area (Å²) in [6, 6.07) is -1.39. The smallest absolute Gasteiger partial charge is 0.457 e. The molecule has 0 saturated heterocycles. The van der Waals surface area contributed by atoms with Crippen LogP contribution in [0.2, 0.25) is 0 Å². The molecule has 3 N–H and O–H groups in total. The molecule has 0 radical (unpaired) electrons. The van der Waals surface area contributed by atoms with Gasteiger partial charge in [0.1, 0.15) is 6.04 Å². The van der Waals surface area contributed by atoms with E-state index in [1.807, 2.05) is 0 Å². The summed E-state index contributed by atoms with van der Waals surface area (Å²) in [5.74, 6) is 0.287. The third kappa shape index (κ3) is 5.09. The largest absolute Gasteiger partial charge is 0.480 e. The molecule has 6 heteroatoms. The van der Waals surface area contributed by atoms with E-state index < -0.39 is 24.1 Å². The quantitative estimate of drug-likeness (QED) is 0.634. The fourth-order valence-electron chi connectivity index (χ4n) is 0.499. The number of hydrogen-bond acceptors (Lipinski definition) is 2. The van der Waals surface area contributed by atoms with Crippen molar-refractivity contribution in [2.45, 2.75) is 19.1 Å². The van der Waals surface area contributed by atoms with E-state index in [2.05, 4.69) is 0 Å². The van der Waals surface area contributed by atoms with Crippen LogP contribution in [0.1, 0.15) is 6.92 Å². The molecule has 0 spiro atoms. The zero-order chi connectivity index (χ0) is 10.6. The van der Waals surface area contributed by atoms with E-state index in [0.717, 1.165) is 5.92 Å². The highest BCUT2D eigenvalue weighted by molar-refractivity contribution is 5.74. The zero-order valence-electron chi connectivity index (χ0n) is 6.72. The second kappa shape index (κ2) is 4.14. The predicted molar refractivity (Wildman–Crippen MR) is 38.6 cm³/mol. The molecule has 74 valence electrons. The molecule has 13 heavy (non-hydrogen) atoms. The van der Waals surface area contributed by atoms with E-state index in [1.54, 1.807) is 5.92 Å². The molecule has 0 fully saturated rings. The van der Waals surface area contributed by atoms with E-state index in [0.29, 0.717) is 0 Å². The molecule has 0 aromatic heterocycles. The van der Waals surface area contributed by atoms with Gasteiger partial charge < -0.3 is 10.8 Å². The Hall–Kier alpha value is -1.22. The van der Waals surface area contributed by atoms with E-state index in [4.69, 9.17) is 10.8 Å². The van der Waals surface area contributed by atoms with Crippen LogP contribution in [0.4, 0.5) is 13.2 Å². The van der Waals surface area contributed by atoms with Gasteiger partial charge in [-0.3, -0.25) is 4.79 Å². The zero-order valence-corrected chi connectivity index (χ0v) is 6.72. The van der Waals surface area contributed by atoms with Gasteiger partial charge in [-0.25, -0.2) is 0 Å². The topological polar surface area (TPSA) is 63.3 Å². The minimum atomic E-state index is -4.60. The minimum Gasteiger partial charge on any atom is -0.480 e. The maximum absolute atomic E-state index is 11.5. The highest BCUT2D eigenvalue weighted by Crippen LogP contribution is 2.12. The molecular formula is C7H8F3NO2. The van der Waals surface area contributed by atoms with Crippen molar-refractivity contribution in [3.63, 3.8) is 0 Å². The Balaban J connectivity index is 4.36. The maximum Gasteiger partial charge on any atom is 0.457 e. The van der Waals surface area contributed by atoms with E-state index in [9.17, 15) is 18.0 Å². The van der Waals surface area contributed by atoms with Crippen LogP contribution in [0.3, 0.4) is 0 Å². The van der Waals surface area contributed by atoms with Crippen molar-refractivity contribution in [1.29, 1.82) is 0 Å². The van der Waals surface area contributed by atoms with Gasteiger partial charge in [-0.2, -0.15) is 13.2 Å². The van der Waals surface area contributed by atoms with Crippen molar-refractivity contribution in [2.24, 2.45) is 11.7 Å². The van der Waals surface area contributed by atoms with Crippen LogP contribution in [0, 0.1) is 17.8 Å². The molecular weight excluding hydrogens is 187 g/mol. The van der Waals surface area contributed by atoms with Gasteiger partial charge in [-0.1, -0.05) is 5.92 Å². The first kappa shape index (κ1) is 11.8. The number of nitrogens with two attached hydrogens (primary N) is 1. The predicted octanol–water partition coefficient (Wildman–Crippen LogP) is 0.600. The molecule has 0 bridgehead atoms. The molecule has 2 atom stereocenters. The van der Waals surface area contributed by atoms with Crippen molar-refractivity contribution < 1.29 is 23.1 Å². The third-order valence-electron chi connectivity index (χ3n) is 1.27. The van der Waals surface area contributed by atoms with Gasteiger partial charge in [0, 0.05) is 11.8 Å². The molecule has 0 aliphatic carbocycles. The highest BCUT2D eigenvalue weighted by Gasteiger charge is 2.24. The average Bonchev–Trinajstić information content (AvgIpc) is 1.97. The Morgan fingerprint density at radius 2 is 2.00 bits per heavy atom. The summed E-state index contributed by atoms with van der Waals surface area (Å²) in [7, 11) is 0. The summed E-state index contributed by atoms with van der Waals surface area (Å²) in [5.41, 5.74) is 5.02. The first-order chi connectivity index (χ1) is 5.74. The summed E-state index contributed by atoms with van der Waals surface area (Å²) in [5, 5.41) is 8.31. The Kier molecular flexibility index (Phi) is 3.75. The summed E-state index contributed by atoms with van der Waals surface area (Å²) < 4.78 is 34.6. The fourth-order valence-corrected chi connectivity index (χ4v) is 0.499. The molecule has 3 nitrogen and oxygen atoms in total. The number of alkyl halides is 3. The summed E-state index contributed by atoms with van der Waals surface area (Å²) >= 11 is 0. The lowest BCUT2D eigenvalue weighted by Gasteiger charge is -2.08. The monoisotopic (exact) mass is 195 g/mol. The van der Waals surface area contributed by atoms with Gasteiger partial charge in [0.05, 0.1) is 0 Å². The van der Waals surface area contributed by atoms with Crippen LogP contribution in [-0.2, 0) is 4.79 Å². The molecule has 0 amide bonds. The second-order valence-corrected chi connectivity index (χ2v) is 2.42. The van der Waals surface area contributed by atoms with E-state index >= 15 is 0 Å². The fraction of sp³-hybridized carbons (Fsp3) is 0.571. The first-order valence-corrected chi connectivity index (χ1v) is 3.32. The summed E-state index contributed by atoms with van der Waals surface area (Å²) in [6.07, 6.45) is -4.60. The Morgan fingerprint density at radius 1 is 1.54 bits per heavy atom. The van der Waals surface area contributed by atoms with Crippen molar-refractivity contribution >= 4 is 5.97 Å².